The van der Waals surface area contributed by atoms with Crippen LogP contribution in [0.1, 0.15) is 5.56 Å². The Bertz CT molecular complexity index is 858. The number of benzene rings is 2. The summed E-state index contributed by atoms with van der Waals surface area (Å²) in [5, 5.41) is 5.86. The maximum Gasteiger partial charge on any atom is 0.329 e. The van der Waals surface area contributed by atoms with Crippen LogP contribution < -0.4 is 20.2 Å². The van der Waals surface area contributed by atoms with Crippen LogP contribution in [0.25, 0.3) is 0 Å². The Morgan fingerprint density at radius 3 is 2.58 bits per heavy atom. The second-order valence-corrected chi connectivity index (χ2v) is 5.78. The number of hydrogen-bond donors (Lipinski definition) is 2. The molecule has 0 aliphatic rings. The van der Waals surface area contributed by atoms with Crippen molar-refractivity contribution in [1.29, 1.82) is 0 Å². The monoisotopic (exact) mass is 423 g/mol. The lowest BCUT2D eigenvalue weighted by Crippen LogP contribution is -2.32. The average Bonchev–Trinajstić information content (AvgIpc) is 2.63. The minimum atomic E-state index is -1.05. The lowest BCUT2D eigenvalue weighted by atomic mass is 10.2. The maximum absolute atomic E-state index is 13.7. The van der Waals surface area contributed by atoms with Gasteiger partial charge in [0.2, 0.25) is 0 Å². The molecule has 0 atom stereocenters. The molecule has 0 radical (unpaired) electrons. The fraction of sp³-hybridized carbons (Fsp3) is 0.118. The number of carbonyl (C=O) groups is 2. The van der Waals surface area contributed by atoms with Crippen molar-refractivity contribution in [3.8, 4) is 11.5 Å². The van der Waals surface area contributed by atoms with Crippen LogP contribution in [0.4, 0.5) is 10.1 Å². The molecule has 2 rings (SSSR count). The van der Waals surface area contributed by atoms with E-state index < -0.39 is 17.6 Å². The molecule has 0 saturated heterocycles. The van der Waals surface area contributed by atoms with Crippen molar-refractivity contribution in [2.45, 2.75) is 0 Å². The Balaban J connectivity index is 2.02. The zero-order valence-corrected chi connectivity index (χ0v) is 15.5. The Morgan fingerprint density at radius 2 is 1.92 bits per heavy atom. The smallest absolute Gasteiger partial charge is 0.329 e. The van der Waals surface area contributed by atoms with Crippen molar-refractivity contribution in [1.82, 2.24) is 5.43 Å². The Labute approximate surface area is 157 Å². The normalized spacial score (nSPS) is 10.5. The highest BCUT2D eigenvalue weighted by Crippen LogP contribution is 2.29. The standard InChI is InChI=1S/C17H15BrFN3O4/c1-25-14-5-3-4-10(15(14)26-2)9-20-22-17(24)16(23)21-13-7-6-11(18)8-12(13)19/h3-9H,1-2H3,(H,21,23)(H,22,24)/b20-9+. The number of nitrogens with zero attached hydrogens (tertiary/aromatic N) is 1. The summed E-state index contributed by atoms with van der Waals surface area (Å²) in [6.07, 6.45) is 1.30. The van der Waals surface area contributed by atoms with E-state index >= 15 is 0 Å². The first-order valence-corrected chi connectivity index (χ1v) is 8.06. The van der Waals surface area contributed by atoms with Crippen LogP contribution in [0, 0.1) is 5.82 Å². The van der Waals surface area contributed by atoms with E-state index in [1.54, 1.807) is 18.2 Å². The molecule has 2 N–H and O–H groups in total. The summed E-state index contributed by atoms with van der Waals surface area (Å²) in [6, 6.07) is 9.14. The quantitative estimate of drug-likeness (QED) is 0.439. The van der Waals surface area contributed by atoms with Gasteiger partial charge in [-0.15, -0.1) is 0 Å². The van der Waals surface area contributed by atoms with E-state index in [0.29, 0.717) is 21.5 Å². The van der Waals surface area contributed by atoms with Gasteiger partial charge in [0.05, 0.1) is 26.1 Å². The molecule has 2 aromatic rings. The minimum Gasteiger partial charge on any atom is -0.493 e. The molecule has 2 amide bonds. The summed E-state index contributed by atoms with van der Waals surface area (Å²) in [7, 11) is 2.96. The molecule has 0 saturated carbocycles. The molecule has 26 heavy (non-hydrogen) atoms. The molecule has 136 valence electrons. The maximum atomic E-state index is 13.7. The third-order valence-corrected chi connectivity index (χ3v) is 3.68. The predicted octanol–water partition coefficient (Wildman–Crippen LogP) is 2.69. The van der Waals surface area contributed by atoms with Gasteiger partial charge in [0.1, 0.15) is 5.82 Å². The van der Waals surface area contributed by atoms with Crippen LogP contribution >= 0.6 is 15.9 Å². The topological polar surface area (TPSA) is 89.0 Å². The number of amides is 2. The number of rotatable bonds is 5. The van der Waals surface area contributed by atoms with Gasteiger partial charge in [-0.25, -0.2) is 9.82 Å². The van der Waals surface area contributed by atoms with E-state index in [1.807, 2.05) is 0 Å². The molecule has 7 nitrogen and oxygen atoms in total. The first kappa shape index (κ1) is 19.4. The van der Waals surface area contributed by atoms with Gasteiger partial charge in [-0.3, -0.25) is 9.59 Å². The number of methoxy groups -OCH3 is 2. The molecule has 0 aromatic heterocycles. The largest absolute Gasteiger partial charge is 0.493 e. The molecule has 0 heterocycles. The number of para-hydroxylation sites is 1. The van der Waals surface area contributed by atoms with Crippen molar-refractivity contribution in [3.05, 3.63) is 52.3 Å². The number of anilines is 1. The van der Waals surface area contributed by atoms with Crippen LogP contribution in [-0.2, 0) is 9.59 Å². The van der Waals surface area contributed by atoms with E-state index in [9.17, 15) is 14.0 Å². The number of hydrogen-bond acceptors (Lipinski definition) is 5. The van der Waals surface area contributed by atoms with Crippen molar-refractivity contribution in [2.75, 3.05) is 19.5 Å². The van der Waals surface area contributed by atoms with Crippen molar-refractivity contribution >= 4 is 39.6 Å². The Kier molecular flexibility index (Phi) is 6.67. The second kappa shape index (κ2) is 8.95. The van der Waals surface area contributed by atoms with Crippen LogP contribution in [-0.4, -0.2) is 32.2 Å². The zero-order chi connectivity index (χ0) is 19.1. The molecular formula is C17H15BrFN3O4. The molecule has 2 aromatic carbocycles. The first-order valence-electron chi connectivity index (χ1n) is 7.26. The Morgan fingerprint density at radius 1 is 1.15 bits per heavy atom. The van der Waals surface area contributed by atoms with Crippen LogP contribution in [0.2, 0.25) is 0 Å². The number of hydrazone groups is 1. The van der Waals surface area contributed by atoms with Crippen LogP contribution in [0.15, 0.2) is 46.0 Å². The molecule has 0 bridgehead atoms. The van der Waals surface area contributed by atoms with E-state index in [1.165, 1.54) is 38.6 Å². The SMILES string of the molecule is COc1cccc(/C=N/NC(=O)C(=O)Nc2ccc(Br)cc2F)c1OC. The van der Waals surface area contributed by atoms with Gasteiger partial charge in [-0.2, -0.15) is 5.10 Å². The summed E-state index contributed by atoms with van der Waals surface area (Å²) in [5.74, 6) is -1.86. The highest BCUT2D eigenvalue weighted by atomic mass is 79.9. The zero-order valence-electron chi connectivity index (χ0n) is 13.9. The third kappa shape index (κ3) is 4.79. The molecule has 0 fully saturated rings. The molecule has 0 aliphatic heterocycles. The molecule has 0 unspecified atom stereocenters. The summed E-state index contributed by atoms with van der Waals surface area (Å²) >= 11 is 3.10. The number of carbonyl (C=O) groups excluding carboxylic acids is 2. The fourth-order valence-electron chi connectivity index (χ4n) is 1.99. The minimum absolute atomic E-state index is 0.119. The third-order valence-electron chi connectivity index (χ3n) is 3.19. The average molecular weight is 424 g/mol. The molecule has 0 spiro atoms. The lowest BCUT2D eigenvalue weighted by molar-refractivity contribution is -0.136. The van der Waals surface area contributed by atoms with Gasteiger partial charge in [0, 0.05) is 10.0 Å². The highest BCUT2D eigenvalue weighted by Gasteiger charge is 2.15. The van der Waals surface area contributed by atoms with Gasteiger partial charge >= 0.3 is 11.8 Å². The summed E-state index contributed by atoms with van der Waals surface area (Å²) < 4.78 is 24.6. The second-order valence-electron chi connectivity index (χ2n) is 4.86. The number of nitrogens with one attached hydrogen (secondary N) is 2. The van der Waals surface area contributed by atoms with Gasteiger partial charge in [-0.05, 0) is 30.3 Å². The van der Waals surface area contributed by atoms with E-state index in [4.69, 9.17) is 9.47 Å². The van der Waals surface area contributed by atoms with Crippen LogP contribution in [0.5, 0.6) is 11.5 Å². The van der Waals surface area contributed by atoms with Gasteiger partial charge in [-0.1, -0.05) is 22.0 Å². The lowest BCUT2D eigenvalue weighted by Gasteiger charge is -2.09. The van der Waals surface area contributed by atoms with E-state index in [0.717, 1.165) is 0 Å². The highest BCUT2D eigenvalue weighted by molar-refractivity contribution is 9.10. The molecule has 0 aliphatic carbocycles. The molecular weight excluding hydrogens is 409 g/mol. The van der Waals surface area contributed by atoms with Gasteiger partial charge in [0.25, 0.3) is 0 Å². The predicted molar refractivity (Wildman–Crippen MR) is 98.0 cm³/mol. The number of ether oxygens (including phenoxy) is 2. The fourth-order valence-corrected chi connectivity index (χ4v) is 2.33. The van der Waals surface area contributed by atoms with Gasteiger partial charge < -0.3 is 14.8 Å². The van der Waals surface area contributed by atoms with Gasteiger partial charge in [0.15, 0.2) is 11.5 Å². The number of halogens is 2. The van der Waals surface area contributed by atoms with Crippen molar-refractivity contribution in [3.63, 3.8) is 0 Å². The first-order chi connectivity index (χ1) is 12.5. The van der Waals surface area contributed by atoms with E-state index in [2.05, 4.69) is 31.8 Å². The summed E-state index contributed by atoms with van der Waals surface area (Å²) in [5.41, 5.74) is 2.48. The van der Waals surface area contributed by atoms with Crippen molar-refractivity contribution < 1.29 is 23.5 Å². The summed E-state index contributed by atoms with van der Waals surface area (Å²) in [4.78, 5) is 23.6. The summed E-state index contributed by atoms with van der Waals surface area (Å²) in [6.45, 7) is 0. The van der Waals surface area contributed by atoms with Crippen molar-refractivity contribution in [2.24, 2.45) is 5.10 Å². The Hall–Kier alpha value is -2.94. The molecule has 9 heteroatoms. The van der Waals surface area contributed by atoms with Crippen LogP contribution in [0.3, 0.4) is 0 Å². The van der Waals surface area contributed by atoms with E-state index in [-0.39, 0.29) is 5.69 Å².